The summed E-state index contributed by atoms with van der Waals surface area (Å²) >= 11 is 4.73. The zero-order valence-electron chi connectivity index (χ0n) is 12.0. The Bertz CT molecular complexity index is 682. The number of benzene rings is 1. The first-order valence-corrected chi connectivity index (χ1v) is 6.76. The molecule has 1 atom stereocenters. The number of nitrogens with one attached hydrogen (secondary N) is 1. The third kappa shape index (κ3) is 3.50. The summed E-state index contributed by atoms with van der Waals surface area (Å²) in [5.41, 5.74) is 7.07. The summed E-state index contributed by atoms with van der Waals surface area (Å²) in [5, 5.41) is 15.4. The lowest BCUT2D eigenvalue weighted by molar-refractivity contribution is -0.126. The number of carbonyl (C=O) groups is 2. The highest BCUT2D eigenvalue weighted by Gasteiger charge is 2.35. The van der Waals surface area contributed by atoms with Crippen molar-refractivity contribution in [3.8, 4) is 0 Å². The minimum atomic E-state index is -0.823. The zero-order chi connectivity index (χ0) is 16.3. The first-order valence-electron chi connectivity index (χ1n) is 6.35. The maximum absolute atomic E-state index is 12.0. The molecule has 2 rings (SSSR count). The van der Waals surface area contributed by atoms with E-state index in [1.165, 1.54) is 6.92 Å². The van der Waals surface area contributed by atoms with Crippen LogP contribution in [0.15, 0.2) is 39.6 Å². The maximum Gasteiger partial charge on any atom is 0.282 e. The molecule has 1 heterocycles. The van der Waals surface area contributed by atoms with E-state index in [4.69, 9.17) is 18.0 Å². The Balaban J connectivity index is 2.09. The Morgan fingerprint density at radius 3 is 2.55 bits per heavy atom. The first-order chi connectivity index (χ1) is 10.4. The number of carbonyl (C=O) groups excluding carboxylic acids is 2. The minimum absolute atomic E-state index is 0.123. The highest BCUT2D eigenvalue weighted by Crippen LogP contribution is 2.19. The summed E-state index contributed by atoms with van der Waals surface area (Å²) in [7, 11) is 0. The van der Waals surface area contributed by atoms with Crippen molar-refractivity contribution in [1.29, 1.82) is 0 Å². The van der Waals surface area contributed by atoms with Crippen LogP contribution in [0.4, 0.5) is 11.4 Å². The fraction of sp³-hybridized carbons (Fsp3) is 0.231. The molecular formula is C13H14N6O2S. The molecule has 0 spiro atoms. The lowest BCUT2D eigenvalue weighted by Crippen LogP contribution is -2.37. The van der Waals surface area contributed by atoms with Crippen molar-refractivity contribution >= 4 is 46.2 Å². The normalized spacial score (nSPS) is 17.7. The largest absolute Gasteiger partial charge is 0.374 e. The molecule has 0 bridgehead atoms. The molecule has 1 aliphatic heterocycles. The van der Waals surface area contributed by atoms with Gasteiger partial charge < -0.3 is 11.1 Å². The van der Waals surface area contributed by atoms with Crippen LogP contribution in [-0.2, 0) is 9.59 Å². The van der Waals surface area contributed by atoms with Crippen LogP contribution in [0.2, 0.25) is 0 Å². The first kappa shape index (κ1) is 15.7. The molecule has 114 valence electrons. The van der Waals surface area contributed by atoms with E-state index in [0.29, 0.717) is 17.1 Å². The Morgan fingerprint density at radius 1 is 1.41 bits per heavy atom. The van der Waals surface area contributed by atoms with Crippen LogP contribution >= 0.6 is 12.2 Å². The zero-order valence-corrected chi connectivity index (χ0v) is 12.8. The van der Waals surface area contributed by atoms with Crippen LogP contribution in [0.5, 0.6) is 0 Å². The standard InChI is InChI=1S/C13H14N6O2S/c1-7-11(12(21)19(18-7)13(14)22)17-16-10-5-3-9(4-6-10)15-8(2)20/h3-6,11H,1-2H3,(H2,14,22)(H,15,20)/t11-/m1/s1. The fourth-order valence-corrected chi connectivity index (χ4v) is 1.92. The van der Waals surface area contributed by atoms with Crippen molar-refractivity contribution in [3.05, 3.63) is 24.3 Å². The Labute approximate surface area is 132 Å². The van der Waals surface area contributed by atoms with Crippen molar-refractivity contribution in [2.24, 2.45) is 21.1 Å². The second-order valence-electron chi connectivity index (χ2n) is 4.58. The van der Waals surface area contributed by atoms with Gasteiger partial charge in [-0.25, -0.2) is 0 Å². The van der Waals surface area contributed by atoms with Crippen LogP contribution in [0.25, 0.3) is 0 Å². The molecule has 1 aliphatic rings. The summed E-state index contributed by atoms with van der Waals surface area (Å²) in [5.74, 6) is -0.584. The predicted octanol–water partition coefficient (Wildman–Crippen LogP) is 1.56. The summed E-state index contributed by atoms with van der Waals surface area (Å²) in [4.78, 5) is 22.9. The number of nitrogens with two attached hydrogens (primary N) is 1. The van der Waals surface area contributed by atoms with E-state index < -0.39 is 11.9 Å². The second-order valence-corrected chi connectivity index (χ2v) is 4.99. The highest BCUT2D eigenvalue weighted by molar-refractivity contribution is 7.80. The van der Waals surface area contributed by atoms with Crippen molar-refractivity contribution in [2.45, 2.75) is 19.9 Å². The smallest absolute Gasteiger partial charge is 0.282 e. The molecule has 0 radical (unpaired) electrons. The molecule has 0 aromatic heterocycles. The summed E-state index contributed by atoms with van der Waals surface area (Å²) < 4.78 is 0. The number of rotatable bonds is 3. The van der Waals surface area contributed by atoms with Gasteiger partial charge in [0.2, 0.25) is 5.91 Å². The molecule has 0 aliphatic carbocycles. The Hall–Kier alpha value is -2.68. The average Bonchev–Trinajstić information content (AvgIpc) is 2.73. The van der Waals surface area contributed by atoms with E-state index in [0.717, 1.165) is 5.01 Å². The van der Waals surface area contributed by atoms with Gasteiger partial charge >= 0.3 is 0 Å². The monoisotopic (exact) mass is 318 g/mol. The van der Waals surface area contributed by atoms with E-state index in [1.807, 2.05) is 0 Å². The molecule has 0 saturated heterocycles. The molecule has 2 amide bonds. The molecule has 1 aromatic carbocycles. The molecule has 22 heavy (non-hydrogen) atoms. The molecule has 8 nitrogen and oxygen atoms in total. The number of nitrogens with zero attached hydrogens (tertiary/aromatic N) is 4. The summed E-state index contributed by atoms with van der Waals surface area (Å²) in [6.07, 6.45) is 0. The number of thiocarbonyl (C=S) groups is 1. The van der Waals surface area contributed by atoms with Gasteiger partial charge in [-0.2, -0.15) is 20.3 Å². The van der Waals surface area contributed by atoms with Crippen molar-refractivity contribution < 1.29 is 9.59 Å². The van der Waals surface area contributed by atoms with Gasteiger partial charge in [-0.1, -0.05) is 0 Å². The number of hydrogen-bond donors (Lipinski definition) is 2. The summed E-state index contributed by atoms with van der Waals surface area (Å²) in [6.45, 7) is 3.08. The van der Waals surface area contributed by atoms with Crippen LogP contribution < -0.4 is 11.1 Å². The van der Waals surface area contributed by atoms with Crippen molar-refractivity contribution in [2.75, 3.05) is 5.32 Å². The molecule has 0 fully saturated rings. The van der Waals surface area contributed by atoms with Gasteiger partial charge in [0.1, 0.15) is 0 Å². The summed E-state index contributed by atoms with van der Waals surface area (Å²) in [6, 6.07) is 5.90. The molecule has 0 unspecified atom stereocenters. The topological polar surface area (TPSA) is 113 Å². The van der Waals surface area contributed by atoms with Gasteiger partial charge in [-0.3, -0.25) is 9.59 Å². The lowest BCUT2D eigenvalue weighted by Gasteiger charge is -2.08. The number of amides is 2. The Kier molecular flexibility index (Phi) is 4.56. The molecule has 9 heteroatoms. The van der Waals surface area contributed by atoms with Crippen molar-refractivity contribution in [1.82, 2.24) is 5.01 Å². The number of hydrogen-bond acceptors (Lipinski definition) is 6. The fourth-order valence-electron chi connectivity index (χ4n) is 1.79. The third-order valence-electron chi connectivity index (χ3n) is 2.78. The van der Waals surface area contributed by atoms with Crippen LogP contribution in [0.1, 0.15) is 13.8 Å². The van der Waals surface area contributed by atoms with Gasteiger partial charge in [-0.15, -0.1) is 0 Å². The van der Waals surface area contributed by atoms with Gasteiger partial charge in [0.05, 0.1) is 11.4 Å². The number of hydrazone groups is 1. The quantitative estimate of drug-likeness (QED) is 0.650. The highest BCUT2D eigenvalue weighted by atomic mass is 32.1. The van der Waals surface area contributed by atoms with Gasteiger partial charge in [0.25, 0.3) is 5.91 Å². The second kappa shape index (κ2) is 6.39. The average molecular weight is 318 g/mol. The van der Waals surface area contributed by atoms with Crippen molar-refractivity contribution in [3.63, 3.8) is 0 Å². The van der Waals surface area contributed by atoms with E-state index in [2.05, 4.69) is 20.6 Å². The van der Waals surface area contributed by atoms with E-state index in [-0.39, 0.29) is 11.0 Å². The van der Waals surface area contributed by atoms with Crippen LogP contribution in [0.3, 0.4) is 0 Å². The SMILES string of the molecule is CC(=O)Nc1ccc(N=N[C@H]2C(=O)N(C(N)=S)N=C2C)cc1. The van der Waals surface area contributed by atoms with E-state index >= 15 is 0 Å². The minimum Gasteiger partial charge on any atom is -0.374 e. The van der Waals surface area contributed by atoms with Crippen LogP contribution in [0, 0.1) is 0 Å². The van der Waals surface area contributed by atoms with Gasteiger partial charge in [0, 0.05) is 12.6 Å². The Morgan fingerprint density at radius 2 is 2.05 bits per heavy atom. The van der Waals surface area contributed by atoms with E-state index in [1.54, 1.807) is 31.2 Å². The molecule has 0 saturated carbocycles. The van der Waals surface area contributed by atoms with E-state index in [9.17, 15) is 9.59 Å². The van der Waals surface area contributed by atoms with Crippen LogP contribution in [-0.4, -0.2) is 33.7 Å². The number of azo groups is 1. The maximum atomic E-state index is 12.0. The number of anilines is 1. The lowest BCUT2D eigenvalue weighted by atomic mass is 10.2. The molecular weight excluding hydrogens is 304 g/mol. The predicted molar refractivity (Wildman–Crippen MR) is 85.8 cm³/mol. The molecule has 3 N–H and O–H groups in total. The van der Waals surface area contributed by atoms with Gasteiger partial charge in [0.15, 0.2) is 11.2 Å². The third-order valence-corrected chi connectivity index (χ3v) is 2.95. The van der Waals surface area contributed by atoms with Gasteiger partial charge in [-0.05, 0) is 43.4 Å². The molecule has 1 aromatic rings.